The van der Waals surface area contributed by atoms with Gasteiger partial charge in [0.25, 0.3) is 0 Å². The Morgan fingerprint density at radius 2 is 1.83 bits per heavy atom. The maximum Gasteiger partial charge on any atom is 0.0110 e. The van der Waals surface area contributed by atoms with Crippen LogP contribution < -0.4 is 5.32 Å². The lowest BCUT2D eigenvalue weighted by Gasteiger charge is -2.41. The quantitative estimate of drug-likeness (QED) is 0.806. The first-order chi connectivity index (χ1) is 8.83. The maximum atomic E-state index is 3.73. The average molecular weight is 252 g/mol. The molecular weight excluding hydrogens is 220 g/mol. The van der Waals surface area contributed by atoms with Crippen LogP contribution in [0.4, 0.5) is 0 Å². The van der Waals surface area contributed by atoms with Crippen molar-refractivity contribution in [1.82, 2.24) is 10.2 Å². The van der Waals surface area contributed by atoms with Crippen LogP contribution in [0.15, 0.2) is 0 Å². The highest BCUT2D eigenvalue weighted by Gasteiger charge is 2.28. The van der Waals surface area contributed by atoms with Gasteiger partial charge in [-0.3, -0.25) is 0 Å². The van der Waals surface area contributed by atoms with Crippen LogP contribution in [-0.2, 0) is 0 Å². The topological polar surface area (TPSA) is 15.3 Å². The second kappa shape index (κ2) is 7.49. The SMILES string of the molecule is CCCNC1CCCC(N2CCC(CC)CC2)C1. The van der Waals surface area contributed by atoms with Gasteiger partial charge in [0, 0.05) is 12.1 Å². The Labute approximate surface area is 114 Å². The molecule has 1 heterocycles. The van der Waals surface area contributed by atoms with Crippen molar-refractivity contribution in [3.63, 3.8) is 0 Å². The summed E-state index contributed by atoms with van der Waals surface area (Å²) in [6, 6.07) is 1.68. The summed E-state index contributed by atoms with van der Waals surface area (Å²) in [4.78, 5) is 2.80. The first-order valence-electron chi connectivity index (χ1n) is 8.30. The zero-order chi connectivity index (χ0) is 12.8. The van der Waals surface area contributed by atoms with E-state index in [0.717, 1.165) is 18.0 Å². The van der Waals surface area contributed by atoms with E-state index in [9.17, 15) is 0 Å². The fraction of sp³-hybridized carbons (Fsp3) is 1.00. The summed E-state index contributed by atoms with van der Waals surface area (Å²) >= 11 is 0. The normalized spacial score (nSPS) is 31.7. The van der Waals surface area contributed by atoms with Crippen molar-refractivity contribution in [3.05, 3.63) is 0 Å². The van der Waals surface area contributed by atoms with Crippen LogP contribution in [0.25, 0.3) is 0 Å². The van der Waals surface area contributed by atoms with E-state index in [0.29, 0.717) is 0 Å². The summed E-state index contributed by atoms with van der Waals surface area (Å²) in [6.45, 7) is 8.55. The first kappa shape index (κ1) is 14.3. The van der Waals surface area contributed by atoms with E-state index in [1.54, 1.807) is 0 Å². The summed E-state index contributed by atoms with van der Waals surface area (Å²) in [7, 11) is 0. The fourth-order valence-corrected chi connectivity index (χ4v) is 3.76. The molecule has 2 rings (SSSR count). The molecular formula is C16H32N2. The number of hydrogen-bond donors (Lipinski definition) is 1. The number of nitrogens with zero attached hydrogens (tertiary/aromatic N) is 1. The maximum absolute atomic E-state index is 3.73. The van der Waals surface area contributed by atoms with E-state index in [1.807, 2.05) is 0 Å². The van der Waals surface area contributed by atoms with E-state index in [4.69, 9.17) is 0 Å². The first-order valence-corrected chi connectivity index (χ1v) is 8.30. The van der Waals surface area contributed by atoms with Gasteiger partial charge in [0.15, 0.2) is 0 Å². The van der Waals surface area contributed by atoms with Crippen molar-refractivity contribution in [2.24, 2.45) is 5.92 Å². The van der Waals surface area contributed by atoms with Gasteiger partial charge in [0.05, 0.1) is 0 Å². The Morgan fingerprint density at radius 1 is 1.06 bits per heavy atom. The lowest BCUT2D eigenvalue weighted by Crippen LogP contribution is -2.47. The molecule has 0 aromatic rings. The smallest absolute Gasteiger partial charge is 0.0110 e. The van der Waals surface area contributed by atoms with Gasteiger partial charge in [-0.25, -0.2) is 0 Å². The Kier molecular flexibility index (Phi) is 5.97. The van der Waals surface area contributed by atoms with Crippen LogP contribution in [0, 0.1) is 5.92 Å². The van der Waals surface area contributed by atoms with E-state index >= 15 is 0 Å². The fourth-order valence-electron chi connectivity index (χ4n) is 3.76. The second-order valence-electron chi connectivity index (χ2n) is 6.36. The highest BCUT2D eigenvalue weighted by Crippen LogP contribution is 2.28. The molecule has 0 bridgehead atoms. The molecule has 2 unspecified atom stereocenters. The third-order valence-electron chi connectivity index (χ3n) is 5.07. The largest absolute Gasteiger partial charge is 0.314 e. The van der Waals surface area contributed by atoms with Crippen molar-refractivity contribution in [3.8, 4) is 0 Å². The van der Waals surface area contributed by atoms with Gasteiger partial charge in [-0.2, -0.15) is 0 Å². The molecule has 2 aliphatic rings. The summed E-state index contributed by atoms with van der Waals surface area (Å²) in [5.74, 6) is 1.01. The Morgan fingerprint density at radius 3 is 2.50 bits per heavy atom. The number of nitrogens with one attached hydrogen (secondary N) is 1. The van der Waals surface area contributed by atoms with Gasteiger partial charge in [-0.1, -0.05) is 26.7 Å². The lowest BCUT2D eigenvalue weighted by atomic mass is 9.87. The monoisotopic (exact) mass is 252 g/mol. The molecule has 2 heteroatoms. The van der Waals surface area contributed by atoms with Crippen molar-refractivity contribution in [1.29, 1.82) is 0 Å². The summed E-state index contributed by atoms with van der Waals surface area (Å²) in [6.07, 6.45) is 11.2. The van der Waals surface area contributed by atoms with E-state index in [2.05, 4.69) is 24.1 Å². The number of hydrogen-bond acceptors (Lipinski definition) is 2. The minimum absolute atomic E-state index is 0.799. The molecule has 1 saturated heterocycles. The van der Waals surface area contributed by atoms with E-state index in [-0.39, 0.29) is 0 Å². The van der Waals surface area contributed by atoms with Gasteiger partial charge < -0.3 is 10.2 Å². The Balaban J connectivity index is 1.75. The lowest BCUT2D eigenvalue weighted by molar-refractivity contribution is 0.0954. The number of rotatable bonds is 5. The van der Waals surface area contributed by atoms with Gasteiger partial charge >= 0.3 is 0 Å². The third-order valence-corrected chi connectivity index (χ3v) is 5.07. The minimum Gasteiger partial charge on any atom is -0.314 e. The van der Waals surface area contributed by atoms with Gasteiger partial charge in [0.1, 0.15) is 0 Å². The van der Waals surface area contributed by atoms with Gasteiger partial charge in [-0.15, -0.1) is 0 Å². The van der Waals surface area contributed by atoms with Crippen molar-refractivity contribution < 1.29 is 0 Å². The van der Waals surface area contributed by atoms with Gasteiger partial charge in [0.2, 0.25) is 0 Å². The molecule has 1 aliphatic heterocycles. The molecule has 18 heavy (non-hydrogen) atoms. The zero-order valence-electron chi connectivity index (χ0n) is 12.5. The molecule has 1 aliphatic carbocycles. The summed E-state index contributed by atoms with van der Waals surface area (Å²) < 4.78 is 0. The van der Waals surface area contributed by atoms with Crippen LogP contribution in [0.2, 0.25) is 0 Å². The highest BCUT2D eigenvalue weighted by atomic mass is 15.2. The average Bonchev–Trinajstić information content (AvgIpc) is 2.45. The van der Waals surface area contributed by atoms with E-state index < -0.39 is 0 Å². The highest BCUT2D eigenvalue weighted by molar-refractivity contribution is 4.86. The molecule has 0 aromatic carbocycles. The molecule has 0 aromatic heterocycles. The molecule has 2 nitrogen and oxygen atoms in total. The van der Waals surface area contributed by atoms with Crippen molar-refractivity contribution >= 4 is 0 Å². The molecule has 2 atom stereocenters. The van der Waals surface area contributed by atoms with Crippen LogP contribution in [0.3, 0.4) is 0 Å². The second-order valence-corrected chi connectivity index (χ2v) is 6.36. The van der Waals surface area contributed by atoms with Crippen molar-refractivity contribution in [2.75, 3.05) is 19.6 Å². The summed E-state index contributed by atoms with van der Waals surface area (Å²) in [5, 5.41) is 3.73. The number of likely N-dealkylation sites (tertiary alicyclic amines) is 1. The molecule has 0 amide bonds. The van der Waals surface area contributed by atoms with Crippen LogP contribution in [-0.4, -0.2) is 36.6 Å². The van der Waals surface area contributed by atoms with Crippen LogP contribution >= 0.6 is 0 Å². The molecule has 0 spiro atoms. The van der Waals surface area contributed by atoms with E-state index in [1.165, 1.54) is 71.0 Å². The Bertz CT molecular complexity index is 221. The van der Waals surface area contributed by atoms with Crippen LogP contribution in [0.1, 0.15) is 65.2 Å². The molecule has 1 saturated carbocycles. The molecule has 0 radical (unpaired) electrons. The number of piperidine rings is 1. The predicted octanol–water partition coefficient (Wildman–Crippen LogP) is 3.42. The summed E-state index contributed by atoms with van der Waals surface area (Å²) in [5.41, 5.74) is 0. The standard InChI is InChI=1S/C16H32N2/c1-3-10-17-15-6-5-7-16(13-15)18-11-8-14(4-2)9-12-18/h14-17H,3-13H2,1-2H3. The van der Waals surface area contributed by atoms with Crippen molar-refractivity contribution in [2.45, 2.75) is 77.3 Å². The predicted molar refractivity (Wildman–Crippen MR) is 78.9 cm³/mol. The zero-order valence-corrected chi connectivity index (χ0v) is 12.5. The minimum atomic E-state index is 0.799. The molecule has 106 valence electrons. The van der Waals surface area contributed by atoms with Gasteiger partial charge in [-0.05, 0) is 64.1 Å². The van der Waals surface area contributed by atoms with Crippen LogP contribution in [0.5, 0.6) is 0 Å². The molecule has 2 fully saturated rings. The third kappa shape index (κ3) is 3.96. The Hall–Kier alpha value is -0.0800. The molecule has 1 N–H and O–H groups in total.